The van der Waals surface area contributed by atoms with Crippen LogP contribution in [-0.2, 0) is 16.6 Å². The molecule has 2 aromatic carbocycles. The zero-order chi connectivity index (χ0) is 22.9. The predicted molar refractivity (Wildman–Crippen MR) is 129 cm³/mol. The Bertz CT molecular complexity index is 1060. The number of nitrogens with zero attached hydrogens (tertiary/aromatic N) is 2. The summed E-state index contributed by atoms with van der Waals surface area (Å²) >= 11 is 6.50. The van der Waals surface area contributed by atoms with E-state index in [1.54, 1.807) is 13.1 Å². The average Bonchev–Trinajstić information content (AvgIpc) is 3.21. The third-order valence-electron chi connectivity index (χ3n) is 6.65. The summed E-state index contributed by atoms with van der Waals surface area (Å²) in [4.78, 5) is 2.82. The maximum Gasteiger partial charge on any atom is 0.243 e. The van der Waals surface area contributed by atoms with Crippen LogP contribution in [0.1, 0.15) is 42.4 Å². The van der Waals surface area contributed by atoms with Crippen molar-refractivity contribution in [3.8, 4) is 5.75 Å². The van der Waals surface area contributed by atoms with Crippen molar-refractivity contribution in [3.63, 3.8) is 0 Å². The van der Waals surface area contributed by atoms with Gasteiger partial charge in [0, 0.05) is 25.2 Å². The lowest BCUT2D eigenvalue weighted by Gasteiger charge is -2.37. The molecule has 1 heterocycles. The molecule has 1 saturated carbocycles. The van der Waals surface area contributed by atoms with E-state index in [4.69, 9.17) is 16.3 Å². The molecule has 174 valence electrons. The highest BCUT2D eigenvalue weighted by atomic mass is 35.5. The fourth-order valence-electron chi connectivity index (χ4n) is 4.74. The van der Waals surface area contributed by atoms with Crippen LogP contribution in [0.4, 0.5) is 0 Å². The van der Waals surface area contributed by atoms with Crippen LogP contribution in [0.2, 0.25) is 5.02 Å². The SMILES string of the molecule is Cc1ccc(S(=O)(=O)N(C)CC2CC(Oc3ccc(CN4CCCC4)c(Cl)c3)C2)c(C)c1. The van der Waals surface area contributed by atoms with Gasteiger partial charge < -0.3 is 4.74 Å². The lowest BCUT2D eigenvalue weighted by Crippen LogP contribution is -2.42. The maximum absolute atomic E-state index is 13.0. The summed E-state index contributed by atoms with van der Waals surface area (Å²) in [6.07, 6.45) is 4.34. The zero-order valence-electron chi connectivity index (χ0n) is 19.2. The van der Waals surface area contributed by atoms with Gasteiger partial charge in [-0.05, 0) is 87.9 Å². The molecule has 0 bridgehead atoms. The Morgan fingerprint density at radius 3 is 2.47 bits per heavy atom. The molecule has 0 amide bonds. The van der Waals surface area contributed by atoms with Gasteiger partial charge in [-0.2, -0.15) is 0 Å². The van der Waals surface area contributed by atoms with Gasteiger partial charge in [0.2, 0.25) is 10.0 Å². The van der Waals surface area contributed by atoms with E-state index in [9.17, 15) is 8.42 Å². The molecule has 4 rings (SSSR count). The maximum atomic E-state index is 13.0. The normalized spacial score (nSPS) is 21.7. The molecule has 1 aliphatic carbocycles. The number of hydrogen-bond acceptors (Lipinski definition) is 4. The number of halogens is 1. The van der Waals surface area contributed by atoms with Gasteiger partial charge in [-0.3, -0.25) is 4.90 Å². The van der Waals surface area contributed by atoms with E-state index in [1.807, 2.05) is 38.1 Å². The molecule has 1 saturated heterocycles. The van der Waals surface area contributed by atoms with Gasteiger partial charge in [0.05, 0.1) is 11.0 Å². The largest absolute Gasteiger partial charge is 0.490 e. The minimum atomic E-state index is -3.48. The van der Waals surface area contributed by atoms with Crippen molar-refractivity contribution in [1.29, 1.82) is 0 Å². The Morgan fingerprint density at radius 1 is 1.09 bits per heavy atom. The van der Waals surface area contributed by atoms with Crippen molar-refractivity contribution < 1.29 is 13.2 Å². The van der Waals surface area contributed by atoms with Crippen LogP contribution in [0, 0.1) is 19.8 Å². The summed E-state index contributed by atoms with van der Waals surface area (Å²) in [6.45, 7) is 7.51. The van der Waals surface area contributed by atoms with E-state index >= 15 is 0 Å². The average molecular weight is 477 g/mol. The molecular weight excluding hydrogens is 444 g/mol. The van der Waals surface area contributed by atoms with Crippen LogP contribution in [0.5, 0.6) is 5.75 Å². The highest BCUT2D eigenvalue weighted by Gasteiger charge is 2.34. The Balaban J connectivity index is 1.28. The van der Waals surface area contributed by atoms with Crippen molar-refractivity contribution in [2.24, 2.45) is 5.92 Å². The first kappa shape index (κ1) is 23.6. The van der Waals surface area contributed by atoms with E-state index in [0.717, 1.165) is 59.9 Å². The predicted octanol–water partition coefficient (Wildman–Crippen LogP) is 5.03. The number of hydrogen-bond donors (Lipinski definition) is 0. The molecule has 0 unspecified atom stereocenters. The number of aryl methyl sites for hydroxylation is 2. The van der Waals surface area contributed by atoms with Crippen molar-refractivity contribution >= 4 is 21.6 Å². The Labute approximate surface area is 197 Å². The summed E-state index contributed by atoms with van der Waals surface area (Å²) in [5.41, 5.74) is 3.00. The van der Waals surface area contributed by atoms with Crippen LogP contribution < -0.4 is 4.74 Å². The molecule has 2 fully saturated rings. The second-order valence-corrected chi connectivity index (χ2v) is 11.8. The minimum Gasteiger partial charge on any atom is -0.490 e. The molecule has 5 nitrogen and oxygen atoms in total. The first-order valence-corrected chi connectivity index (χ1v) is 13.2. The fourth-order valence-corrected chi connectivity index (χ4v) is 6.42. The highest BCUT2D eigenvalue weighted by Crippen LogP contribution is 2.34. The monoisotopic (exact) mass is 476 g/mol. The highest BCUT2D eigenvalue weighted by molar-refractivity contribution is 7.89. The molecular formula is C25H33ClN2O3S. The molecule has 0 radical (unpaired) electrons. The van der Waals surface area contributed by atoms with Crippen LogP contribution >= 0.6 is 11.6 Å². The molecule has 2 aliphatic rings. The van der Waals surface area contributed by atoms with Crippen molar-refractivity contribution in [2.45, 2.75) is 57.1 Å². The summed E-state index contributed by atoms with van der Waals surface area (Å²) in [7, 11) is -1.82. The molecule has 0 atom stereocenters. The first-order chi connectivity index (χ1) is 15.2. The number of sulfonamides is 1. The van der Waals surface area contributed by atoms with Crippen LogP contribution in [0.15, 0.2) is 41.3 Å². The van der Waals surface area contributed by atoms with Crippen LogP contribution in [0.3, 0.4) is 0 Å². The summed E-state index contributed by atoms with van der Waals surface area (Å²) < 4.78 is 33.6. The minimum absolute atomic E-state index is 0.109. The van der Waals surface area contributed by atoms with E-state index in [2.05, 4.69) is 11.0 Å². The third kappa shape index (κ3) is 5.30. The lowest BCUT2D eigenvalue weighted by molar-refractivity contribution is 0.0575. The molecule has 32 heavy (non-hydrogen) atoms. The van der Waals surface area contributed by atoms with E-state index in [1.165, 1.54) is 17.1 Å². The number of likely N-dealkylation sites (tertiary alicyclic amines) is 1. The van der Waals surface area contributed by atoms with Crippen molar-refractivity contribution in [3.05, 3.63) is 58.1 Å². The second kappa shape index (κ2) is 9.72. The van der Waals surface area contributed by atoms with E-state index in [-0.39, 0.29) is 6.10 Å². The summed E-state index contributed by atoms with van der Waals surface area (Å²) in [5.74, 6) is 1.09. The molecule has 0 spiro atoms. The molecule has 2 aromatic rings. The van der Waals surface area contributed by atoms with Crippen molar-refractivity contribution in [2.75, 3.05) is 26.7 Å². The molecule has 7 heteroatoms. The smallest absolute Gasteiger partial charge is 0.243 e. The summed E-state index contributed by atoms with van der Waals surface area (Å²) in [6, 6.07) is 11.5. The molecule has 0 aromatic heterocycles. The molecule has 0 N–H and O–H groups in total. The third-order valence-corrected chi connectivity index (χ3v) is 8.98. The summed E-state index contributed by atoms with van der Waals surface area (Å²) in [5, 5.41) is 0.754. The van der Waals surface area contributed by atoms with Gasteiger partial charge in [-0.1, -0.05) is 35.4 Å². The van der Waals surface area contributed by atoms with Gasteiger partial charge in [0.25, 0.3) is 0 Å². The number of benzene rings is 2. The topological polar surface area (TPSA) is 49.9 Å². The van der Waals surface area contributed by atoms with Gasteiger partial charge in [0.15, 0.2) is 0 Å². The number of ether oxygens (including phenoxy) is 1. The second-order valence-electron chi connectivity index (χ2n) is 9.37. The van der Waals surface area contributed by atoms with Crippen LogP contribution in [-0.4, -0.2) is 50.4 Å². The zero-order valence-corrected chi connectivity index (χ0v) is 20.8. The Morgan fingerprint density at radius 2 is 1.81 bits per heavy atom. The fraction of sp³-hybridized carbons (Fsp3) is 0.520. The van der Waals surface area contributed by atoms with E-state index in [0.29, 0.717) is 17.4 Å². The van der Waals surface area contributed by atoms with Gasteiger partial charge in [-0.25, -0.2) is 12.7 Å². The quantitative estimate of drug-likeness (QED) is 0.536. The Hall–Kier alpha value is -1.60. The first-order valence-electron chi connectivity index (χ1n) is 11.4. The van der Waals surface area contributed by atoms with E-state index < -0.39 is 10.0 Å². The lowest BCUT2D eigenvalue weighted by atomic mass is 9.82. The van der Waals surface area contributed by atoms with Gasteiger partial charge in [0.1, 0.15) is 5.75 Å². The van der Waals surface area contributed by atoms with Crippen molar-refractivity contribution in [1.82, 2.24) is 9.21 Å². The van der Waals surface area contributed by atoms with Crippen LogP contribution in [0.25, 0.3) is 0 Å². The Kier molecular flexibility index (Phi) is 7.15. The van der Waals surface area contributed by atoms with Gasteiger partial charge >= 0.3 is 0 Å². The van der Waals surface area contributed by atoms with Gasteiger partial charge in [-0.15, -0.1) is 0 Å². The number of rotatable bonds is 8. The molecule has 1 aliphatic heterocycles. The standard InChI is InChI=1S/C25H33ClN2O3S/c1-18-6-9-25(19(2)12-18)32(29,30)27(3)16-20-13-23(14-20)31-22-8-7-21(24(26)15-22)17-28-10-4-5-11-28/h6-9,12,15,20,23H,4-5,10-11,13-14,16-17H2,1-3H3.